The maximum absolute atomic E-state index is 13.4. The lowest BCUT2D eigenvalue weighted by Gasteiger charge is -2.30. The van der Waals surface area contributed by atoms with Gasteiger partial charge < -0.3 is 15.2 Å². The van der Waals surface area contributed by atoms with Crippen molar-refractivity contribution in [3.8, 4) is 5.75 Å². The molecule has 0 bridgehead atoms. The Morgan fingerprint density at radius 1 is 1.52 bits per heavy atom. The molecule has 0 aliphatic heterocycles. The summed E-state index contributed by atoms with van der Waals surface area (Å²) in [6.45, 7) is 0.155. The number of carboxylic acids is 1. The van der Waals surface area contributed by atoms with E-state index in [1.54, 1.807) is 7.05 Å². The van der Waals surface area contributed by atoms with Gasteiger partial charge in [0.05, 0.1) is 6.61 Å². The minimum atomic E-state index is -0.941. The van der Waals surface area contributed by atoms with Crippen molar-refractivity contribution >= 4 is 5.97 Å². The summed E-state index contributed by atoms with van der Waals surface area (Å²) in [5, 5.41) is 12.3. The van der Waals surface area contributed by atoms with Crippen LogP contribution in [0.2, 0.25) is 0 Å². The van der Waals surface area contributed by atoms with Gasteiger partial charge in [0.1, 0.15) is 11.4 Å². The second-order valence-electron chi connectivity index (χ2n) is 5.33. The standard InChI is InChI=1S/C15H19F2NO3/c1-18-15(14(19)20)7-2-3-10(15)6-8-21-13-9-11(16)4-5-12(13)17/h4-5,9-10,18H,2-3,6-8H2,1H3,(H,19,20). The Morgan fingerprint density at radius 2 is 2.29 bits per heavy atom. The Balaban J connectivity index is 1.96. The Kier molecular flexibility index (Phi) is 4.77. The molecule has 0 saturated heterocycles. The molecule has 1 aliphatic carbocycles. The van der Waals surface area contributed by atoms with E-state index >= 15 is 0 Å². The van der Waals surface area contributed by atoms with Crippen LogP contribution in [0, 0.1) is 17.6 Å². The van der Waals surface area contributed by atoms with E-state index in [0.29, 0.717) is 12.8 Å². The van der Waals surface area contributed by atoms with Gasteiger partial charge >= 0.3 is 5.97 Å². The van der Waals surface area contributed by atoms with E-state index in [4.69, 9.17) is 4.74 Å². The van der Waals surface area contributed by atoms with Crippen molar-refractivity contribution in [2.75, 3.05) is 13.7 Å². The summed E-state index contributed by atoms with van der Waals surface area (Å²) in [5.74, 6) is -2.29. The number of ether oxygens (including phenoxy) is 1. The summed E-state index contributed by atoms with van der Waals surface area (Å²) < 4.78 is 31.7. The van der Waals surface area contributed by atoms with E-state index in [2.05, 4.69) is 5.32 Å². The highest BCUT2D eigenvalue weighted by atomic mass is 19.1. The zero-order valence-electron chi connectivity index (χ0n) is 11.9. The molecule has 1 aromatic carbocycles. The van der Waals surface area contributed by atoms with Gasteiger partial charge in [-0.05, 0) is 44.4 Å². The van der Waals surface area contributed by atoms with Crippen molar-refractivity contribution in [3.05, 3.63) is 29.8 Å². The van der Waals surface area contributed by atoms with Crippen molar-refractivity contribution in [2.24, 2.45) is 5.92 Å². The zero-order chi connectivity index (χ0) is 15.5. The molecule has 0 amide bonds. The van der Waals surface area contributed by atoms with Crippen LogP contribution in [-0.4, -0.2) is 30.3 Å². The van der Waals surface area contributed by atoms with E-state index in [0.717, 1.165) is 31.0 Å². The predicted octanol–water partition coefficient (Wildman–Crippen LogP) is 2.58. The molecular formula is C15H19F2NO3. The highest BCUT2D eigenvalue weighted by Gasteiger charge is 2.47. The third-order valence-corrected chi connectivity index (χ3v) is 4.27. The second-order valence-corrected chi connectivity index (χ2v) is 5.33. The third kappa shape index (κ3) is 3.15. The molecule has 1 saturated carbocycles. The minimum Gasteiger partial charge on any atom is -0.490 e. The van der Waals surface area contributed by atoms with Crippen LogP contribution in [0.4, 0.5) is 8.78 Å². The molecule has 2 rings (SSSR count). The smallest absolute Gasteiger partial charge is 0.324 e. The molecule has 0 aromatic heterocycles. The maximum Gasteiger partial charge on any atom is 0.324 e. The van der Waals surface area contributed by atoms with E-state index in [1.807, 2.05) is 0 Å². The number of carboxylic acid groups (broad SMARTS) is 1. The molecular weight excluding hydrogens is 280 g/mol. The van der Waals surface area contributed by atoms with Gasteiger partial charge in [-0.2, -0.15) is 0 Å². The highest BCUT2D eigenvalue weighted by Crippen LogP contribution is 2.38. The third-order valence-electron chi connectivity index (χ3n) is 4.27. The number of carbonyl (C=O) groups is 1. The topological polar surface area (TPSA) is 58.6 Å². The van der Waals surface area contributed by atoms with Crippen molar-refractivity contribution in [1.29, 1.82) is 0 Å². The van der Waals surface area contributed by atoms with E-state index in [1.165, 1.54) is 0 Å². The first-order chi connectivity index (χ1) is 9.99. The molecule has 1 fully saturated rings. The van der Waals surface area contributed by atoms with Gasteiger partial charge in [-0.25, -0.2) is 8.78 Å². The molecule has 0 heterocycles. The summed E-state index contributed by atoms with van der Waals surface area (Å²) in [6.07, 6.45) is 2.65. The van der Waals surface area contributed by atoms with E-state index in [9.17, 15) is 18.7 Å². The first-order valence-electron chi connectivity index (χ1n) is 7.00. The fraction of sp³-hybridized carbons (Fsp3) is 0.533. The summed E-state index contributed by atoms with van der Waals surface area (Å²) in [5.41, 5.74) is -0.941. The van der Waals surface area contributed by atoms with Gasteiger partial charge in [0.25, 0.3) is 0 Å². The van der Waals surface area contributed by atoms with Crippen molar-refractivity contribution in [1.82, 2.24) is 5.32 Å². The van der Waals surface area contributed by atoms with Gasteiger partial charge in [0, 0.05) is 6.07 Å². The number of likely N-dealkylation sites (N-methyl/N-ethyl adjacent to an activating group) is 1. The molecule has 4 nitrogen and oxygen atoms in total. The normalized spacial score (nSPS) is 25.0. The van der Waals surface area contributed by atoms with Crippen LogP contribution in [0.25, 0.3) is 0 Å². The SMILES string of the molecule is CNC1(C(=O)O)CCCC1CCOc1cc(F)ccc1F. The second kappa shape index (κ2) is 6.39. The fourth-order valence-electron chi connectivity index (χ4n) is 3.09. The molecule has 2 unspecified atom stereocenters. The Morgan fingerprint density at radius 3 is 2.95 bits per heavy atom. The average Bonchev–Trinajstić information content (AvgIpc) is 2.87. The lowest BCUT2D eigenvalue weighted by atomic mass is 9.85. The summed E-state index contributed by atoms with van der Waals surface area (Å²) >= 11 is 0. The number of halogens is 2. The predicted molar refractivity (Wildman–Crippen MR) is 73.2 cm³/mol. The number of benzene rings is 1. The van der Waals surface area contributed by atoms with E-state index < -0.39 is 23.1 Å². The van der Waals surface area contributed by atoms with Crippen LogP contribution in [-0.2, 0) is 4.79 Å². The number of hydrogen-bond donors (Lipinski definition) is 2. The Hall–Kier alpha value is -1.69. The monoisotopic (exact) mass is 299 g/mol. The quantitative estimate of drug-likeness (QED) is 0.847. The van der Waals surface area contributed by atoms with Gasteiger partial charge in [-0.1, -0.05) is 6.42 Å². The molecule has 0 spiro atoms. The number of nitrogens with one attached hydrogen (secondary N) is 1. The van der Waals surface area contributed by atoms with Crippen LogP contribution in [0.1, 0.15) is 25.7 Å². The van der Waals surface area contributed by atoms with Crippen LogP contribution in [0.15, 0.2) is 18.2 Å². The largest absolute Gasteiger partial charge is 0.490 e. The van der Waals surface area contributed by atoms with Gasteiger partial charge in [-0.3, -0.25) is 4.79 Å². The fourth-order valence-corrected chi connectivity index (χ4v) is 3.09. The van der Waals surface area contributed by atoms with Gasteiger partial charge in [0.2, 0.25) is 0 Å². The zero-order valence-corrected chi connectivity index (χ0v) is 11.9. The van der Waals surface area contributed by atoms with E-state index in [-0.39, 0.29) is 18.3 Å². The molecule has 0 radical (unpaired) electrons. The maximum atomic E-state index is 13.4. The highest BCUT2D eigenvalue weighted by molar-refractivity contribution is 5.79. The van der Waals surface area contributed by atoms with Crippen LogP contribution >= 0.6 is 0 Å². The molecule has 116 valence electrons. The minimum absolute atomic E-state index is 0.0865. The molecule has 1 aromatic rings. The van der Waals surface area contributed by atoms with Crippen LogP contribution < -0.4 is 10.1 Å². The lowest BCUT2D eigenvalue weighted by molar-refractivity contribution is -0.146. The number of hydrogen-bond acceptors (Lipinski definition) is 3. The van der Waals surface area contributed by atoms with Crippen LogP contribution in [0.5, 0.6) is 5.75 Å². The van der Waals surface area contributed by atoms with Gasteiger partial charge in [0.15, 0.2) is 11.6 Å². The Bertz CT molecular complexity index is 524. The van der Waals surface area contributed by atoms with Crippen molar-refractivity contribution in [3.63, 3.8) is 0 Å². The number of rotatable bonds is 6. The molecule has 2 atom stereocenters. The first kappa shape index (κ1) is 15.7. The van der Waals surface area contributed by atoms with Gasteiger partial charge in [-0.15, -0.1) is 0 Å². The average molecular weight is 299 g/mol. The summed E-state index contributed by atoms with van der Waals surface area (Å²) in [7, 11) is 1.64. The molecule has 1 aliphatic rings. The van der Waals surface area contributed by atoms with Crippen LogP contribution in [0.3, 0.4) is 0 Å². The molecule has 21 heavy (non-hydrogen) atoms. The molecule has 6 heteroatoms. The summed E-state index contributed by atoms with van der Waals surface area (Å²) in [6, 6.07) is 3.03. The van der Waals surface area contributed by atoms with Crippen molar-refractivity contribution < 1.29 is 23.4 Å². The Labute approximate surface area is 122 Å². The van der Waals surface area contributed by atoms with Crippen molar-refractivity contribution in [2.45, 2.75) is 31.2 Å². The molecule has 2 N–H and O–H groups in total. The summed E-state index contributed by atoms with van der Waals surface area (Å²) in [4.78, 5) is 11.5. The first-order valence-corrected chi connectivity index (χ1v) is 7.00. The lowest BCUT2D eigenvalue weighted by Crippen LogP contribution is -2.53. The number of aliphatic carboxylic acids is 1.